The monoisotopic (exact) mass is 256 g/mol. The number of carbonyl (C=O) groups excluding carboxylic acids is 2. The molecule has 6 heteroatoms. The molecule has 0 saturated heterocycles. The van der Waals surface area contributed by atoms with E-state index in [1.54, 1.807) is 27.7 Å². The van der Waals surface area contributed by atoms with Gasteiger partial charge in [-0.25, -0.2) is 0 Å². The maximum atomic E-state index is 11.1. The zero-order valence-corrected chi connectivity index (χ0v) is 11.7. The summed E-state index contributed by atoms with van der Waals surface area (Å²) >= 11 is 0. The van der Waals surface area contributed by atoms with Crippen LogP contribution in [0.2, 0.25) is 0 Å². The Morgan fingerprint density at radius 3 is 1.17 bits per heavy atom. The molecule has 0 rings (SSSR count). The quantitative estimate of drug-likeness (QED) is 0.612. The average molecular weight is 256 g/mol. The summed E-state index contributed by atoms with van der Waals surface area (Å²) < 4.78 is 0. The fraction of sp³-hybridized carbons (Fsp3) is 0.833. The second-order valence-electron chi connectivity index (χ2n) is 5.38. The lowest BCUT2D eigenvalue weighted by atomic mass is 9.88. The second kappa shape index (κ2) is 5.46. The van der Waals surface area contributed by atoms with Gasteiger partial charge in [0.2, 0.25) is 0 Å². The number of azo groups is 1. The van der Waals surface area contributed by atoms with E-state index in [0.717, 1.165) is 0 Å². The number of hydrogen-bond acceptors (Lipinski definition) is 6. The van der Waals surface area contributed by atoms with Crippen molar-refractivity contribution in [2.75, 3.05) is 0 Å². The van der Waals surface area contributed by atoms with Gasteiger partial charge >= 0.3 is 0 Å². The fourth-order valence-corrected chi connectivity index (χ4v) is 0.992. The van der Waals surface area contributed by atoms with Crippen molar-refractivity contribution >= 4 is 11.9 Å². The number of carboxylic acids is 2. The first-order valence-electron chi connectivity index (χ1n) is 5.85. The molecule has 0 aromatic rings. The van der Waals surface area contributed by atoms with E-state index in [1.807, 2.05) is 0 Å². The number of carbonyl (C=O) groups is 2. The van der Waals surface area contributed by atoms with Crippen molar-refractivity contribution < 1.29 is 19.8 Å². The van der Waals surface area contributed by atoms with Crippen LogP contribution in [0.4, 0.5) is 0 Å². The molecule has 0 aromatic heterocycles. The van der Waals surface area contributed by atoms with Crippen LogP contribution in [-0.2, 0) is 9.59 Å². The predicted octanol–water partition coefficient (Wildman–Crippen LogP) is -0.232. The molecule has 0 aliphatic rings. The molecule has 104 valence electrons. The van der Waals surface area contributed by atoms with Gasteiger partial charge in [-0.3, -0.25) is 0 Å². The van der Waals surface area contributed by atoms with Gasteiger partial charge in [0.1, 0.15) is 11.1 Å². The largest absolute Gasteiger partial charge is 0.547 e. The van der Waals surface area contributed by atoms with Gasteiger partial charge in [0.05, 0.1) is 11.9 Å². The van der Waals surface area contributed by atoms with Gasteiger partial charge in [0, 0.05) is 0 Å². The van der Waals surface area contributed by atoms with Gasteiger partial charge in [0.25, 0.3) is 0 Å². The van der Waals surface area contributed by atoms with E-state index in [0.29, 0.717) is 0 Å². The molecule has 2 atom stereocenters. The van der Waals surface area contributed by atoms with Crippen LogP contribution in [0.5, 0.6) is 0 Å². The van der Waals surface area contributed by atoms with Gasteiger partial charge in [-0.15, -0.1) is 0 Å². The van der Waals surface area contributed by atoms with Crippen molar-refractivity contribution in [1.82, 2.24) is 0 Å². The molecule has 0 amide bonds. The van der Waals surface area contributed by atoms with Gasteiger partial charge in [-0.1, -0.05) is 27.7 Å². The summed E-state index contributed by atoms with van der Waals surface area (Å²) in [7, 11) is 0. The first-order chi connectivity index (χ1) is 7.98. The molecule has 0 aliphatic carbocycles. The van der Waals surface area contributed by atoms with Crippen molar-refractivity contribution in [2.45, 2.75) is 52.6 Å². The highest BCUT2D eigenvalue weighted by Gasteiger charge is 2.34. The molecule has 0 aromatic carbocycles. The summed E-state index contributed by atoms with van der Waals surface area (Å²) in [5.74, 6) is -3.51. The molecule has 0 N–H and O–H groups in total. The Hall–Kier alpha value is -1.46. The third-order valence-electron chi connectivity index (χ3n) is 3.54. The normalized spacial score (nSPS) is 18.9. The highest BCUT2D eigenvalue weighted by molar-refractivity contribution is 5.78. The molecule has 6 nitrogen and oxygen atoms in total. The number of carboxylic acid groups (broad SMARTS) is 2. The van der Waals surface area contributed by atoms with E-state index in [9.17, 15) is 19.8 Å². The van der Waals surface area contributed by atoms with Crippen molar-refractivity contribution in [1.29, 1.82) is 0 Å². The topological polar surface area (TPSA) is 105 Å². The first-order valence-corrected chi connectivity index (χ1v) is 5.85. The maximum Gasteiger partial charge on any atom is 0.120 e. The fourth-order valence-electron chi connectivity index (χ4n) is 0.992. The molecular formula is C12H20N2O4-2. The third-order valence-corrected chi connectivity index (χ3v) is 3.54. The minimum atomic E-state index is -1.55. The molecule has 18 heavy (non-hydrogen) atoms. The van der Waals surface area contributed by atoms with Crippen LogP contribution in [-0.4, -0.2) is 23.0 Å². The van der Waals surface area contributed by atoms with E-state index in [-0.39, 0.29) is 11.8 Å². The van der Waals surface area contributed by atoms with Crippen LogP contribution >= 0.6 is 0 Å². The summed E-state index contributed by atoms with van der Waals surface area (Å²) in [4.78, 5) is 22.2. The lowest BCUT2D eigenvalue weighted by Gasteiger charge is -2.33. The van der Waals surface area contributed by atoms with E-state index >= 15 is 0 Å². The van der Waals surface area contributed by atoms with Crippen LogP contribution < -0.4 is 10.2 Å². The zero-order valence-electron chi connectivity index (χ0n) is 11.7. The minimum absolute atomic E-state index is 0.371. The molecule has 0 heterocycles. The van der Waals surface area contributed by atoms with Crippen LogP contribution in [0.1, 0.15) is 41.5 Å². The summed E-state index contributed by atoms with van der Waals surface area (Å²) in [5.41, 5.74) is -3.10. The maximum absolute atomic E-state index is 11.1. The van der Waals surface area contributed by atoms with Crippen molar-refractivity contribution in [3.05, 3.63) is 0 Å². The zero-order chi connectivity index (χ0) is 14.7. The average Bonchev–Trinajstić information content (AvgIpc) is 2.23. The van der Waals surface area contributed by atoms with Crippen LogP contribution in [0, 0.1) is 11.8 Å². The smallest absolute Gasteiger partial charge is 0.120 e. The Morgan fingerprint density at radius 2 is 1.06 bits per heavy atom. The van der Waals surface area contributed by atoms with Crippen LogP contribution in [0.15, 0.2) is 10.2 Å². The highest BCUT2D eigenvalue weighted by atomic mass is 16.4. The predicted molar refractivity (Wildman–Crippen MR) is 61.4 cm³/mol. The van der Waals surface area contributed by atoms with Gasteiger partial charge in [-0.2, -0.15) is 10.2 Å². The molecule has 0 fully saturated rings. The molecule has 0 aliphatic heterocycles. The summed E-state index contributed by atoms with van der Waals surface area (Å²) in [6.07, 6.45) is 0. The molecule has 0 saturated carbocycles. The molecule has 0 bridgehead atoms. The number of hydrogen-bond donors (Lipinski definition) is 0. The van der Waals surface area contributed by atoms with Crippen molar-refractivity contribution in [3.63, 3.8) is 0 Å². The van der Waals surface area contributed by atoms with Crippen LogP contribution in [0.25, 0.3) is 0 Å². The number of rotatable bonds is 6. The summed E-state index contributed by atoms with van der Waals surface area (Å²) in [5, 5.41) is 29.6. The van der Waals surface area contributed by atoms with Crippen molar-refractivity contribution in [2.24, 2.45) is 22.1 Å². The lowest BCUT2D eigenvalue weighted by Crippen LogP contribution is -2.51. The van der Waals surface area contributed by atoms with Gasteiger partial charge in [-0.05, 0) is 25.7 Å². The SMILES string of the molecule is CC(C)C(C)(N=NC(C)(C(=O)[O-])C(C)C)C(=O)[O-]. The molecule has 0 radical (unpaired) electrons. The summed E-state index contributed by atoms with van der Waals surface area (Å²) in [6.45, 7) is 9.32. The highest BCUT2D eigenvalue weighted by Crippen LogP contribution is 2.27. The van der Waals surface area contributed by atoms with Gasteiger partial charge in [0.15, 0.2) is 0 Å². The van der Waals surface area contributed by atoms with E-state index in [1.165, 1.54) is 13.8 Å². The standard InChI is InChI=1S/C12H22N2O4/c1-7(2)11(5,9(15)16)13-14-12(6,8(3)4)10(17)18/h7-8H,1-6H3,(H,15,16)(H,17,18)/p-2. The second-order valence-corrected chi connectivity index (χ2v) is 5.38. The summed E-state index contributed by atoms with van der Waals surface area (Å²) in [6, 6.07) is 0. The molecular weight excluding hydrogens is 236 g/mol. The van der Waals surface area contributed by atoms with E-state index < -0.39 is 23.0 Å². The Labute approximate surface area is 107 Å². The Kier molecular flexibility index (Phi) is 5.01. The molecule has 0 spiro atoms. The van der Waals surface area contributed by atoms with Crippen LogP contribution in [0.3, 0.4) is 0 Å². The van der Waals surface area contributed by atoms with Crippen molar-refractivity contribution in [3.8, 4) is 0 Å². The van der Waals surface area contributed by atoms with E-state index in [2.05, 4.69) is 10.2 Å². The third kappa shape index (κ3) is 3.05. The Morgan fingerprint density at radius 1 is 0.833 bits per heavy atom. The Bertz CT molecular complexity index is 331. The Balaban J connectivity index is 5.45. The minimum Gasteiger partial charge on any atom is -0.547 e. The first kappa shape index (κ1) is 16.5. The van der Waals surface area contributed by atoms with E-state index in [4.69, 9.17) is 0 Å². The molecule has 2 unspecified atom stereocenters. The number of nitrogens with zero attached hydrogens (tertiary/aromatic N) is 2. The number of aliphatic carboxylic acids is 2. The lowest BCUT2D eigenvalue weighted by molar-refractivity contribution is -0.317. The van der Waals surface area contributed by atoms with Gasteiger partial charge < -0.3 is 19.8 Å².